The predicted octanol–water partition coefficient (Wildman–Crippen LogP) is 2.32. The lowest BCUT2D eigenvalue weighted by atomic mass is 10.1. The Kier molecular flexibility index (Phi) is 2.06. The number of methoxy groups -OCH3 is 1. The lowest BCUT2D eigenvalue weighted by molar-refractivity contribution is 0.413. The third-order valence-electron chi connectivity index (χ3n) is 2.83. The van der Waals surface area contributed by atoms with Crippen molar-refractivity contribution in [3.8, 4) is 17.1 Å². The summed E-state index contributed by atoms with van der Waals surface area (Å²) in [6, 6.07) is 5.91. The van der Waals surface area contributed by atoms with E-state index in [1.54, 1.807) is 13.3 Å². The van der Waals surface area contributed by atoms with Crippen molar-refractivity contribution in [2.24, 2.45) is 0 Å². The van der Waals surface area contributed by atoms with Crippen molar-refractivity contribution in [2.45, 2.75) is 6.42 Å². The second-order valence-electron chi connectivity index (χ2n) is 3.77. The first kappa shape index (κ1) is 9.27. The summed E-state index contributed by atoms with van der Waals surface area (Å²) >= 11 is 0. The molecule has 4 nitrogen and oxygen atoms in total. The first-order valence-corrected chi connectivity index (χ1v) is 5.24. The minimum atomic E-state index is 0.824. The fourth-order valence-electron chi connectivity index (χ4n) is 1.98. The summed E-state index contributed by atoms with van der Waals surface area (Å²) in [5.74, 6) is 1.67. The summed E-state index contributed by atoms with van der Waals surface area (Å²) in [6.07, 6.45) is 2.71. The normalized spacial score (nSPS) is 13.3. The monoisotopic (exact) mass is 216 g/mol. The molecule has 0 atom stereocenters. The standard InChI is InChI=1S/C12H12N2O2/c1-15-9-2-3-11-10(6-9)12-8(4-5-13-11)7-14-16-12/h2-3,6-7,13H,4-5H2,1H3. The minimum absolute atomic E-state index is 0.824. The van der Waals surface area contributed by atoms with Crippen LogP contribution in [0, 0.1) is 0 Å². The lowest BCUT2D eigenvalue weighted by Crippen LogP contribution is -2.02. The van der Waals surface area contributed by atoms with Crippen molar-refractivity contribution in [2.75, 3.05) is 19.0 Å². The number of benzene rings is 1. The Morgan fingerprint density at radius 3 is 3.25 bits per heavy atom. The maximum absolute atomic E-state index is 5.32. The van der Waals surface area contributed by atoms with Crippen molar-refractivity contribution in [3.63, 3.8) is 0 Å². The number of nitrogens with one attached hydrogen (secondary N) is 1. The number of ether oxygens (including phenoxy) is 1. The molecule has 3 rings (SSSR count). The molecule has 0 amide bonds. The maximum Gasteiger partial charge on any atom is 0.172 e. The molecule has 2 aromatic rings. The van der Waals surface area contributed by atoms with E-state index < -0.39 is 0 Å². The highest BCUT2D eigenvalue weighted by Gasteiger charge is 2.18. The molecule has 1 aromatic heterocycles. The zero-order valence-corrected chi connectivity index (χ0v) is 8.99. The fraction of sp³-hybridized carbons (Fsp3) is 0.250. The second kappa shape index (κ2) is 3.56. The van der Waals surface area contributed by atoms with Crippen molar-refractivity contribution < 1.29 is 9.26 Å². The van der Waals surface area contributed by atoms with E-state index >= 15 is 0 Å². The van der Waals surface area contributed by atoms with Gasteiger partial charge in [0.2, 0.25) is 0 Å². The molecular formula is C12H12N2O2. The molecule has 0 unspecified atom stereocenters. The Hall–Kier alpha value is -1.97. The number of rotatable bonds is 1. The Morgan fingerprint density at radius 1 is 1.44 bits per heavy atom. The number of nitrogens with zero attached hydrogens (tertiary/aromatic N) is 1. The second-order valence-corrected chi connectivity index (χ2v) is 3.77. The summed E-state index contributed by atoms with van der Waals surface area (Å²) in [7, 11) is 1.66. The molecule has 0 spiro atoms. The van der Waals surface area contributed by atoms with Crippen LogP contribution in [0.3, 0.4) is 0 Å². The van der Waals surface area contributed by atoms with Gasteiger partial charge in [-0.2, -0.15) is 0 Å². The van der Waals surface area contributed by atoms with Gasteiger partial charge in [0.1, 0.15) is 5.75 Å². The molecule has 1 aromatic carbocycles. The van der Waals surface area contributed by atoms with Crippen LogP contribution in [-0.2, 0) is 6.42 Å². The van der Waals surface area contributed by atoms with E-state index in [4.69, 9.17) is 9.26 Å². The van der Waals surface area contributed by atoms with Gasteiger partial charge < -0.3 is 14.6 Å². The van der Waals surface area contributed by atoms with Crippen LogP contribution in [0.15, 0.2) is 28.9 Å². The van der Waals surface area contributed by atoms with Crippen molar-refractivity contribution in [3.05, 3.63) is 30.0 Å². The van der Waals surface area contributed by atoms with E-state index in [1.165, 1.54) is 0 Å². The number of hydrogen-bond donors (Lipinski definition) is 1. The van der Waals surface area contributed by atoms with Gasteiger partial charge in [-0.15, -0.1) is 0 Å². The van der Waals surface area contributed by atoms with Gasteiger partial charge in [-0.25, -0.2) is 0 Å². The van der Waals surface area contributed by atoms with Gasteiger partial charge in [0, 0.05) is 23.4 Å². The smallest absolute Gasteiger partial charge is 0.172 e. The molecule has 0 aliphatic carbocycles. The highest BCUT2D eigenvalue weighted by Crippen LogP contribution is 2.35. The molecule has 2 heterocycles. The van der Waals surface area contributed by atoms with Crippen LogP contribution in [0.1, 0.15) is 5.56 Å². The molecule has 0 bridgehead atoms. The highest BCUT2D eigenvalue weighted by atomic mass is 16.5. The van der Waals surface area contributed by atoms with E-state index in [0.717, 1.165) is 41.3 Å². The van der Waals surface area contributed by atoms with E-state index in [1.807, 2.05) is 18.2 Å². The maximum atomic E-state index is 5.32. The number of anilines is 1. The summed E-state index contributed by atoms with van der Waals surface area (Å²) in [5, 5.41) is 7.22. The molecule has 0 saturated heterocycles. The van der Waals surface area contributed by atoms with E-state index in [2.05, 4.69) is 10.5 Å². The molecule has 0 radical (unpaired) electrons. The van der Waals surface area contributed by atoms with Gasteiger partial charge in [0.05, 0.1) is 13.3 Å². The van der Waals surface area contributed by atoms with Crippen molar-refractivity contribution >= 4 is 5.69 Å². The predicted molar refractivity (Wildman–Crippen MR) is 60.7 cm³/mol. The quantitative estimate of drug-likeness (QED) is 0.794. The third-order valence-corrected chi connectivity index (χ3v) is 2.83. The SMILES string of the molecule is COc1ccc2c(c1)-c1oncc1CCN2. The van der Waals surface area contributed by atoms with Crippen LogP contribution in [0.25, 0.3) is 11.3 Å². The van der Waals surface area contributed by atoms with E-state index in [-0.39, 0.29) is 0 Å². The number of fused-ring (bicyclic) bond motifs is 3. The Balaban J connectivity index is 2.21. The first-order valence-electron chi connectivity index (χ1n) is 5.24. The van der Waals surface area contributed by atoms with Crippen LogP contribution in [0.4, 0.5) is 5.69 Å². The summed E-state index contributed by atoms with van der Waals surface area (Å²) in [6.45, 7) is 0.896. The Labute approximate surface area is 93.2 Å². The largest absolute Gasteiger partial charge is 0.497 e. The Morgan fingerprint density at radius 2 is 2.38 bits per heavy atom. The Bertz CT molecular complexity index is 519. The molecule has 1 N–H and O–H groups in total. The van der Waals surface area contributed by atoms with Crippen LogP contribution >= 0.6 is 0 Å². The van der Waals surface area contributed by atoms with Gasteiger partial charge >= 0.3 is 0 Å². The van der Waals surface area contributed by atoms with Gasteiger partial charge in [-0.1, -0.05) is 5.16 Å². The molecular weight excluding hydrogens is 204 g/mol. The molecule has 82 valence electrons. The third kappa shape index (κ3) is 1.34. The molecule has 1 aliphatic heterocycles. The molecule has 1 aliphatic rings. The number of hydrogen-bond acceptors (Lipinski definition) is 4. The molecule has 4 heteroatoms. The van der Waals surface area contributed by atoms with Gasteiger partial charge in [-0.3, -0.25) is 0 Å². The van der Waals surface area contributed by atoms with Crippen LogP contribution in [0.5, 0.6) is 5.75 Å². The van der Waals surface area contributed by atoms with Crippen molar-refractivity contribution in [1.82, 2.24) is 5.16 Å². The topological polar surface area (TPSA) is 47.3 Å². The lowest BCUT2D eigenvalue weighted by Gasteiger charge is -2.08. The first-order chi connectivity index (χ1) is 7.88. The summed E-state index contributed by atoms with van der Waals surface area (Å²) < 4.78 is 10.5. The fourth-order valence-corrected chi connectivity index (χ4v) is 1.98. The zero-order chi connectivity index (χ0) is 11.0. The van der Waals surface area contributed by atoms with Gasteiger partial charge in [0.15, 0.2) is 5.76 Å². The van der Waals surface area contributed by atoms with E-state index in [9.17, 15) is 0 Å². The average molecular weight is 216 g/mol. The molecule has 0 fully saturated rings. The number of aromatic nitrogens is 1. The highest BCUT2D eigenvalue weighted by molar-refractivity contribution is 5.78. The molecule has 16 heavy (non-hydrogen) atoms. The van der Waals surface area contributed by atoms with Crippen molar-refractivity contribution in [1.29, 1.82) is 0 Å². The summed E-state index contributed by atoms with van der Waals surface area (Å²) in [5.41, 5.74) is 3.22. The molecule has 0 saturated carbocycles. The van der Waals surface area contributed by atoms with Crippen LogP contribution in [0.2, 0.25) is 0 Å². The van der Waals surface area contributed by atoms with E-state index in [0.29, 0.717) is 0 Å². The summed E-state index contributed by atoms with van der Waals surface area (Å²) in [4.78, 5) is 0. The average Bonchev–Trinajstić information content (AvgIpc) is 2.71. The van der Waals surface area contributed by atoms with Gasteiger partial charge in [-0.05, 0) is 24.6 Å². The minimum Gasteiger partial charge on any atom is -0.497 e. The zero-order valence-electron chi connectivity index (χ0n) is 8.99. The van der Waals surface area contributed by atoms with Crippen LogP contribution in [-0.4, -0.2) is 18.8 Å². The van der Waals surface area contributed by atoms with Gasteiger partial charge in [0.25, 0.3) is 0 Å². The van der Waals surface area contributed by atoms with Crippen LogP contribution < -0.4 is 10.1 Å².